The van der Waals surface area contributed by atoms with Crippen LogP contribution in [-0.4, -0.2) is 56.9 Å². The van der Waals surface area contributed by atoms with Crippen LogP contribution in [0.5, 0.6) is 0 Å². The molecule has 2 aromatic heterocycles. The smallest absolute Gasteiger partial charge is 0.360 e. The van der Waals surface area contributed by atoms with Crippen LogP contribution in [0.2, 0.25) is 0 Å². The van der Waals surface area contributed by atoms with Crippen molar-refractivity contribution in [2.45, 2.75) is 13.1 Å². The van der Waals surface area contributed by atoms with E-state index in [1.807, 2.05) is 0 Å². The van der Waals surface area contributed by atoms with E-state index < -0.39 is 11.9 Å². The molecule has 0 saturated heterocycles. The predicted molar refractivity (Wildman–Crippen MR) is 119 cm³/mol. The number of hydrogen-bond donors (Lipinski definition) is 2. The fourth-order valence-corrected chi connectivity index (χ4v) is 4.16. The molecular weight excluding hydrogens is 460 g/mol. The Morgan fingerprint density at radius 1 is 0.906 bits per heavy atom. The molecule has 0 spiro atoms. The number of carbonyl (C=O) groups is 2. The van der Waals surface area contributed by atoms with Crippen LogP contribution in [0.25, 0.3) is 0 Å². The predicted octanol–water partition coefficient (Wildman–Crippen LogP) is 1.07. The maximum absolute atomic E-state index is 11.5. The van der Waals surface area contributed by atoms with Gasteiger partial charge in [0.1, 0.15) is 14.2 Å². The van der Waals surface area contributed by atoms with Gasteiger partial charge in [-0.05, 0) is 0 Å². The Balaban J connectivity index is 2.70. The Hall–Kier alpha value is -3.78. The van der Waals surface area contributed by atoms with E-state index in [1.165, 1.54) is 14.2 Å². The minimum absolute atomic E-state index is 0.245. The van der Waals surface area contributed by atoms with Crippen molar-refractivity contribution in [3.05, 3.63) is 57.1 Å². The second-order valence-electron chi connectivity index (χ2n) is 5.66. The number of carboxylic acid groups (broad SMARTS) is 2. The molecule has 0 amide bonds. The average molecular weight is 481 g/mol. The lowest BCUT2D eigenvalue weighted by atomic mass is 10.3. The van der Waals surface area contributed by atoms with E-state index in [0.29, 0.717) is 9.60 Å². The maximum atomic E-state index is 11.5. The number of hydrogen-bond acceptors (Lipinski definition) is 10. The van der Waals surface area contributed by atoms with E-state index in [-0.39, 0.29) is 35.9 Å². The Morgan fingerprint density at radius 2 is 1.28 bits per heavy atom. The Bertz CT molecular complexity index is 1120. The summed E-state index contributed by atoms with van der Waals surface area (Å²) in [7, 11) is 2.50. The number of carboxylic acids is 2. The third-order valence-corrected chi connectivity index (χ3v) is 5.40. The first-order chi connectivity index (χ1) is 15.4. The largest absolute Gasteiger partial charge is 0.476 e. The van der Waals surface area contributed by atoms with Crippen molar-refractivity contribution in [1.29, 1.82) is 0 Å². The van der Waals surface area contributed by atoms with Crippen LogP contribution in [0.1, 0.15) is 11.4 Å². The third kappa shape index (κ3) is 5.47. The molecule has 0 unspecified atom stereocenters. The van der Waals surface area contributed by atoms with Crippen LogP contribution in [0, 0.1) is 0 Å². The van der Waals surface area contributed by atoms with Crippen molar-refractivity contribution in [3.63, 3.8) is 0 Å². The Kier molecular flexibility index (Phi) is 8.85. The molecule has 0 radical (unpaired) electrons. The van der Waals surface area contributed by atoms with Gasteiger partial charge in [0, 0.05) is 23.8 Å². The lowest BCUT2D eigenvalue weighted by molar-refractivity contribution is -0.130. The average Bonchev–Trinajstić information content (AvgIpc) is 3.33. The van der Waals surface area contributed by atoms with E-state index in [9.17, 15) is 19.8 Å². The molecule has 32 heavy (non-hydrogen) atoms. The summed E-state index contributed by atoms with van der Waals surface area (Å²) in [5.41, 5.74) is -0.0584. The molecule has 0 aliphatic heterocycles. The molecule has 2 heterocycles. The van der Waals surface area contributed by atoms with Crippen molar-refractivity contribution in [2.24, 2.45) is 20.5 Å². The standard InChI is InChI=1S/C18H20N6O6S2/c1-5-7-23-11(13(15(25)26)21-29-3)9-31-17(23)19-20-18-24(8-6-2)12(10-32-18)14(16(27)28)22-30-4/h5-6,9-10H,1-2,7-8H2,3-4H3,(H,25,26)(H,27,28)/b19-17?,20-18?,21-13+,22-14+. The van der Waals surface area contributed by atoms with Gasteiger partial charge in [0.2, 0.25) is 21.0 Å². The molecule has 12 nitrogen and oxygen atoms in total. The summed E-state index contributed by atoms with van der Waals surface area (Å²) in [6.45, 7) is 7.85. The highest BCUT2D eigenvalue weighted by Gasteiger charge is 2.20. The molecule has 0 saturated carbocycles. The van der Waals surface area contributed by atoms with Crippen LogP contribution >= 0.6 is 22.7 Å². The van der Waals surface area contributed by atoms with Gasteiger partial charge in [-0.15, -0.1) is 46.0 Å². The minimum atomic E-state index is -1.27. The summed E-state index contributed by atoms with van der Waals surface area (Å²) in [6.07, 6.45) is 3.14. The Morgan fingerprint density at radius 3 is 1.56 bits per heavy atom. The molecule has 0 fully saturated rings. The fourth-order valence-electron chi connectivity index (χ4n) is 2.47. The van der Waals surface area contributed by atoms with Gasteiger partial charge in [0.05, 0.1) is 11.4 Å². The number of aliphatic carboxylic acids is 2. The second-order valence-corrected chi connectivity index (χ2v) is 7.33. The van der Waals surface area contributed by atoms with Crippen molar-refractivity contribution in [1.82, 2.24) is 9.13 Å². The molecule has 2 rings (SSSR count). The van der Waals surface area contributed by atoms with Crippen molar-refractivity contribution >= 4 is 46.0 Å². The minimum Gasteiger partial charge on any atom is -0.476 e. The summed E-state index contributed by atoms with van der Waals surface area (Å²) in [5.74, 6) is -2.53. The number of rotatable bonds is 11. The molecule has 2 N–H and O–H groups in total. The molecule has 0 bridgehead atoms. The quantitative estimate of drug-likeness (QED) is 0.279. The first-order valence-electron chi connectivity index (χ1n) is 8.75. The molecule has 0 aromatic carbocycles. The molecule has 2 aromatic rings. The number of allylic oxidation sites excluding steroid dienone is 2. The van der Waals surface area contributed by atoms with Crippen molar-refractivity contribution < 1.29 is 29.5 Å². The Labute approximate surface area is 189 Å². The van der Waals surface area contributed by atoms with Crippen LogP contribution in [0.15, 0.2) is 56.6 Å². The van der Waals surface area contributed by atoms with Crippen LogP contribution in [0.4, 0.5) is 0 Å². The van der Waals surface area contributed by atoms with E-state index in [1.54, 1.807) is 32.0 Å². The summed E-state index contributed by atoms with van der Waals surface area (Å²) in [6, 6.07) is 0. The van der Waals surface area contributed by atoms with Gasteiger partial charge in [0.25, 0.3) is 0 Å². The summed E-state index contributed by atoms with van der Waals surface area (Å²) in [5, 5.41) is 37.6. The molecule has 0 aliphatic rings. The lowest BCUT2D eigenvalue weighted by Gasteiger charge is -2.05. The van der Waals surface area contributed by atoms with Crippen LogP contribution in [0.3, 0.4) is 0 Å². The van der Waals surface area contributed by atoms with E-state index in [0.717, 1.165) is 22.7 Å². The van der Waals surface area contributed by atoms with Gasteiger partial charge in [-0.1, -0.05) is 22.5 Å². The zero-order chi connectivity index (χ0) is 23.7. The number of thiazole rings is 2. The normalized spacial score (nSPS) is 13.2. The highest BCUT2D eigenvalue weighted by atomic mass is 32.1. The number of oxime groups is 2. The molecular formula is C18H20N6O6S2. The SMILES string of the molecule is C=CCn1c(/C(=N\OC)C(=O)O)csc1=NN=c1scc(/C(=N\OC)C(=O)O)n1CC=C. The summed E-state index contributed by atoms with van der Waals surface area (Å²) in [4.78, 5) is 33.1. The highest BCUT2D eigenvalue weighted by Crippen LogP contribution is 2.08. The van der Waals surface area contributed by atoms with Crippen molar-refractivity contribution in [2.75, 3.05) is 14.2 Å². The highest BCUT2D eigenvalue weighted by molar-refractivity contribution is 7.07. The third-order valence-electron chi connectivity index (χ3n) is 3.70. The molecule has 170 valence electrons. The van der Waals surface area contributed by atoms with Gasteiger partial charge < -0.3 is 29.0 Å². The number of aromatic nitrogens is 2. The van der Waals surface area contributed by atoms with E-state index >= 15 is 0 Å². The van der Waals surface area contributed by atoms with Gasteiger partial charge in [0.15, 0.2) is 0 Å². The van der Waals surface area contributed by atoms with Crippen LogP contribution < -0.4 is 9.60 Å². The fraction of sp³-hybridized carbons (Fsp3) is 0.222. The molecule has 14 heteroatoms. The van der Waals surface area contributed by atoms with Gasteiger partial charge >= 0.3 is 11.9 Å². The maximum Gasteiger partial charge on any atom is 0.360 e. The van der Waals surface area contributed by atoms with E-state index in [2.05, 4.69) is 43.3 Å². The van der Waals surface area contributed by atoms with Gasteiger partial charge in [-0.3, -0.25) is 0 Å². The monoisotopic (exact) mass is 480 g/mol. The lowest BCUT2D eigenvalue weighted by Crippen LogP contribution is -2.25. The van der Waals surface area contributed by atoms with Crippen LogP contribution in [-0.2, 0) is 32.4 Å². The topological polar surface area (TPSA) is 152 Å². The summed E-state index contributed by atoms with van der Waals surface area (Å²) < 4.78 is 3.13. The molecule has 0 aliphatic carbocycles. The van der Waals surface area contributed by atoms with Crippen molar-refractivity contribution in [3.8, 4) is 0 Å². The zero-order valence-corrected chi connectivity index (χ0v) is 18.8. The second kappa shape index (κ2) is 11.6. The number of nitrogens with zero attached hydrogens (tertiary/aromatic N) is 6. The zero-order valence-electron chi connectivity index (χ0n) is 17.2. The van der Waals surface area contributed by atoms with E-state index in [4.69, 9.17) is 0 Å². The van der Waals surface area contributed by atoms with Gasteiger partial charge in [-0.2, -0.15) is 0 Å². The first kappa shape index (κ1) is 24.5. The summed E-state index contributed by atoms with van der Waals surface area (Å²) >= 11 is 2.29. The first-order valence-corrected chi connectivity index (χ1v) is 10.5. The van der Waals surface area contributed by atoms with Gasteiger partial charge in [-0.25, -0.2) is 9.59 Å². The molecule has 0 atom stereocenters.